The lowest BCUT2D eigenvalue weighted by atomic mass is 9.95. The van der Waals surface area contributed by atoms with E-state index in [9.17, 15) is 9.59 Å². The van der Waals surface area contributed by atoms with Crippen LogP contribution in [0.5, 0.6) is 5.75 Å². The summed E-state index contributed by atoms with van der Waals surface area (Å²) in [6.45, 7) is 5.55. The molecule has 0 radical (unpaired) electrons. The minimum atomic E-state index is -0.152. The summed E-state index contributed by atoms with van der Waals surface area (Å²) in [5, 5.41) is 7.17. The van der Waals surface area contributed by atoms with Crippen molar-refractivity contribution in [1.29, 1.82) is 0 Å². The second-order valence-corrected chi connectivity index (χ2v) is 7.78. The molecule has 0 unspecified atom stereocenters. The van der Waals surface area contributed by atoms with Crippen molar-refractivity contribution in [3.8, 4) is 5.75 Å². The molecule has 1 aromatic heterocycles. The van der Waals surface area contributed by atoms with Gasteiger partial charge in [0.1, 0.15) is 5.75 Å². The van der Waals surface area contributed by atoms with E-state index in [4.69, 9.17) is 4.74 Å². The van der Waals surface area contributed by atoms with Gasteiger partial charge in [0.05, 0.1) is 18.7 Å². The number of aromatic nitrogens is 2. The zero-order valence-corrected chi connectivity index (χ0v) is 17.7. The van der Waals surface area contributed by atoms with Gasteiger partial charge in [0.25, 0.3) is 0 Å². The summed E-state index contributed by atoms with van der Waals surface area (Å²) >= 11 is 0. The number of H-pyrrole nitrogens is 1. The Morgan fingerprint density at radius 2 is 2.03 bits per heavy atom. The van der Waals surface area contributed by atoms with E-state index in [0.717, 1.165) is 34.7 Å². The van der Waals surface area contributed by atoms with Crippen LogP contribution in [0.3, 0.4) is 0 Å². The molecule has 2 heterocycles. The Morgan fingerprint density at radius 1 is 1.31 bits per heavy atom. The highest BCUT2D eigenvalue weighted by Crippen LogP contribution is 2.22. The maximum Gasteiger partial charge on any atom is 0.227 e. The fourth-order valence-corrected chi connectivity index (χ4v) is 3.82. The minimum absolute atomic E-state index is 0.0898. The van der Waals surface area contributed by atoms with Gasteiger partial charge in [0.15, 0.2) is 0 Å². The number of methoxy groups -OCH3 is 1. The number of rotatable bonds is 7. The van der Waals surface area contributed by atoms with Crippen LogP contribution in [-0.2, 0) is 22.6 Å². The fourth-order valence-electron chi connectivity index (χ4n) is 3.82. The molecule has 1 aliphatic rings. The maximum absolute atomic E-state index is 13.0. The quantitative estimate of drug-likeness (QED) is 0.777. The maximum atomic E-state index is 13.0. The van der Waals surface area contributed by atoms with Gasteiger partial charge < -0.3 is 14.5 Å². The average molecular weight is 399 g/mol. The van der Waals surface area contributed by atoms with E-state index in [1.807, 2.05) is 50.1 Å². The Labute approximate surface area is 172 Å². The van der Waals surface area contributed by atoms with Gasteiger partial charge in [-0.15, -0.1) is 0 Å². The first-order valence-electron chi connectivity index (χ1n) is 10.0. The highest BCUT2D eigenvalue weighted by molar-refractivity contribution is 5.83. The SMILES string of the molecule is COc1ccc(CCN2C[C@H](C(=O)N(C)Cc3c(C)n[nH]c3C)CCC2=O)cc1. The molecular weight excluding hydrogens is 368 g/mol. The zero-order chi connectivity index (χ0) is 21.0. The minimum Gasteiger partial charge on any atom is -0.497 e. The summed E-state index contributed by atoms with van der Waals surface area (Å²) in [7, 11) is 3.47. The predicted octanol–water partition coefficient (Wildman–Crippen LogP) is 2.47. The van der Waals surface area contributed by atoms with Gasteiger partial charge >= 0.3 is 0 Å². The molecule has 0 spiro atoms. The van der Waals surface area contributed by atoms with Crippen LogP contribution in [0.15, 0.2) is 24.3 Å². The first kappa shape index (κ1) is 20.9. The fraction of sp³-hybridized carbons (Fsp3) is 0.500. The van der Waals surface area contributed by atoms with Crippen molar-refractivity contribution in [1.82, 2.24) is 20.0 Å². The normalized spacial score (nSPS) is 16.8. The molecular formula is C22H30N4O3. The van der Waals surface area contributed by atoms with Gasteiger partial charge in [-0.1, -0.05) is 12.1 Å². The molecule has 0 bridgehead atoms. The van der Waals surface area contributed by atoms with Crippen molar-refractivity contribution < 1.29 is 14.3 Å². The number of carbonyl (C=O) groups is 2. The highest BCUT2D eigenvalue weighted by atomic mass is 16.5. The number of aryl methyl sites for hydroxylation is 2. The summed E-state index contributed by atoms with van der Waals surface area (Å²) in [5.41, 5.74) is 4.11. The van der Waals surface area contributed by atoms with Crippen molar-refractivity contribution in [2.75, 3.05) is 27.2 Å². The van der Waals surface area contributed by atoms with Crippen LogP contribution in [0.2, 0.25) is 0 Å². The summed E-state index contributed by atoms with van der Waals surface area (Å²) in [6.07, 6.45) is 1.81. The molecule has 1 aromatic carbocycles. The Kier molecular flexibility index (Phi) is 6.56. The van der Waals surface area contributed by atoms with Crippen LogP contribution in [-0.4, -0.2) is 59.1 Å². The highest BCUT2D eigenvalue weighted by Gasteiger charge is 2.32. The summed E-state index contributed by atoms with van der Waals surface area (Å²) < 4.78 is 5.18. The van der Waals surface area contributed by atoms with Gasteiger partial charge in [-0.2, -0.15) is 5.10 Å². The average Bonchev–Trinajstić information content (AvgIpc) is 3.05. The first-order valence-corrected chi connectivity index (χ1v) is 10.0. The molecule has 156 valence electrons. The van der Waals surface area contributed by atoms with Crippen LogP contribution in [0.25, 0.3) is 0 Å². The zero-order valence-electron chi connectivity index (χ0n) is 17.7. The topological polar surface area (TPSA) is 78.5 Å². The van der Waals surface area contributed by atoms with Crippen LogP contribution in [0.4, 0.5) is 0 Å². The number of ether oxygens (including phenoxy) is 1. The molecule has 1 saturated heterocycles. The second-order valence-electron chi connectivity index (χ2n) is 7.78. The molecule has 1 atom stereocenters. The van der Waals surface area contributed by atoms with E-state index in [-0.39, 0.29) is 17.7 Å². The number of hydrogen-bond donors (Lipinski definition) is 1. The molecule has 2 amide bonds. The second kappa shape index (κ2) is 9.11. The third kappa shape index (κ3) is 4.96. The van der Waals surface area contributed by atoms with E-state index < -0.39 is 0 Å². The predicted molar refractivity (Wildman–Crippen MR) is 111 cm³/mol. The monoisotopic (exact) mass is 398 g/mol. The summed E-state index contributed by atoms with van der Waals surface area (Å²) in [6, 6.07) is 7.88. The number of benzene rings is 1. The van der Waals surface area contributed by atoms with Gasteiger partial charge in [0.2, 0.25) is 11.8 Å². The van der Waals surface area contributed by atoms with E-state index >= 15 is 0 Å². The van der Waals surface area contributed by atoms with Crippen LogP contribution < -0.4 is 4.74 Å². The Bertz CT molecular complexity index is 840. The molecule has 3 rings (SSSR count). The van der Waals surface area contributed by atoms with E-state index in [2.05, 4.69) is 10.2 Å². The number of carbonyl (C=O) groups excluding carboxylic acids is 2. The van der Waals surface area contributed by atoms with Gasteiger partial charge in [-0.3, -0.25) is 14.7 Å². The van der Waals surface area contributed by atoms with E-state index in [1.165, 1.54) is 0 Å². The van der Waals surface area contributed by atoms with Crippen LogP contribution in [0, 0.1) is 19.8 Å². The third-order valence-electron chi connectivity index (χ3n) is 5.73. The number of piperidine rings is 1. The third-order valence-corrected chi connectivity index (χ3v) is 5.73. The van der Waals surface area contributed by atoms with Crippen molar-refractivity contribution in [3.63, 3.8) is 0 Å². The molecule has 1 fully saturated rings. The molecule has 1 aliphatic heterocycles. The van der Waals surface area contributed by atoms with Crippen molar-refractivity contribution >= 4 is 11.8 Å². The van der Waals surface area contributed by atoms with E-state index in [1.54, 1.807) is 12.0 Å². The number of nitrogens with one attached hydrogen (secondary N) is 1. The van der Waals surface area contributed by atoms with Gasteiger partial charge in [-0.05, 0) is 44.4 Å². The van der Waals surface area contributed by atoms with E-state index in [0.29, 0.717) is 32.5 Å². The number of aromatic amines is 1. The smallest absolute Gasteiger partial charge is 0.227 e. The van der Waals surface area contributed by atoms with Crippen molar-refractivity contribution in [2.45, 2.75) is 39.7 Å². The number of hydrogen-bond acceptors (Lipinski definition) is 4. The lowest BCUT2D eigenvalue weighted by Gasteiger charge is -2.34. The number of amides is 2. The number of likely N-dealkylation sites (tertiary alicyclic amines) is 1. The molecule has 29 heavy (non-hydrogen) atoms. The lowest BCUT2D eigenvalue weighted by molar-refractivity contribution is -0.142. The van der Waals surface area contributed by atoms with Crippen molar-refractivity contribution in [2.24, 2.45) is 5.92 Å². The molecule has 7 nitrogen and oxygen atoms in total. The molecule has 1 N–H and O–H groups in total. The largest absolute Gasteiger partial charge is 0.497 e. The summed E-state index contributed by atoms with van der Waals surface area (Å²) in [4.78, 5) is 28.9. The standard InChI is InChI=1S/C22H30N4O3/c1-15-20(16(2)24-23-15)14-25(3)22(28)18-7-10-21(27)26(13-18)12-11-17-5-8-19(29-4)9-6-17/h5-6,8-9,18H,7,10-14H2,1-4H3,(H,23,24)/t18-/m1/s1. The molecule has 0 aliphatic carbocycles. The Morgan fingerprint density at radius 3 is 2.66 bits per heavy atom. The molecule has 7 heteroatoms. The van der Waals surface area contributed by atoms with Crippen molar-refractivity contribution in [3.05, 3.63) is 46.8 Å². The van der Waals surface area contributed by atoms with Gasteiger partial charge in [0, 0.05) is 44.4 Å². The Hall–Kier alpha value is -2.83. The van der Waals surface area contributed by atoms with Crippen LogP contribution in [0.1, 0.15) is 35.4 Å². The summed E-state index contributed by atoms with van der Waals surface area (Å²) in [5.74, 6) is 0.888. The lowest BCUT2D eigenvalue weighted by Crippen LogP contribution is -2.46. The molecule has 2 aromatic rings. The van der Waals surface area contributed by atoms with Crippen LogP contribution >= 0.6 is 0 Å². The first-order chi connectivity index (χ1) is 13.9. The Balaban J connectivity index is 1.57. The molecule has 0 saturated carbocycles. The number of nitrogens with zero attached hydrogens (tertiary/aromatic N) is 3. The van der Waals surface area contributed by atoms with Gasteiger partial charge in [-0.25, -0.2) is 0 Å².